The molecule has 0 unspecified atom stereocenters. The molecule has 0 spiro atoms. The van der Waals surface area contributed by atoms with E-state index < -0.39 is 16.7 Å². The molecule has 4 rings (SSSR count). The van der Waals surface area contributed by atoms with Crippen molar-refractivity contribution >= 4 is 62.5 Å². The number of carbonyl (C=O) groups excluding carboxylic acids is 2. The molecule has 1 fully saturated rings. The first-order valence-corrected chi connectivity index (χ1v) is 10.6. The SMILES string of the molecule is O=C1NC(=S)N(c2ccc(Br)cc2)C(=O)C1=Cc1ccc(Oc2ccc([N+](=O)[O-])cn2)cc1. The summed E-state index contributed by atoms with van der Waals surface area (Å²) in [4.78, 5) is 40.8. The highest BCUT2D eigenvalue weighted by molar-refractivity contribution is 9.10. The maximum absolute atomic E-state index is 13.0. The minimum Gasteiger partial charge on any atom is -0.439 e. The van der Waals surface area contributed by atoms with Crippen LogP contribution in [0.5, 0.6) is 11.6 Å². The topological polar surface area (TPSA) is 115 Å². The number of nitro groups is 1. The normalized spacial score (nSPS) is 14.9. The number of rotatable bonds is 5. The average Bonchev–Trinajstić information content (AvgIpc) is 2.79. The molecule has 1 aromatic heterocycles. The van der Waals surface area contributed by atoms with Gasteiger partial charge in [0.25, 0.3) is 17.5 Å². The Labute approximate surface area is 201 Å². The Bertz CT molecular complexity index is 1290. The molecule has 1 aliphatic rings. The highest BCUT2D eigenvalue weighted by atomic mass is 79.9. The van der Waals surface area contributed by atoms with Crippen LogP contribution < -0.4 is 15.0 Å². The molecule has 9 nitrogen and oxygen atoms in total. The van der Waals surface area contributed by atoms with Crippen molar-refractivity contribution in [2.24, 2.45) is 0 Å². The predicted octanol–water partition coefficient (Wildman–Crippen LogP) is 4.38. The van der Waals surface area contributed by atoms with Crippen LogP contribution in [0.3, 0.4) is 0 Å². The van der Waals surface area contributed by atoms with Gasteiger partial charge >= 0.3 is 0 Å². The summed E-state index contributed by atoms with van der Waals surface area (Å²) in [5.74, 6) is -0.516. The molecule has 0 atom stereocenters. The van der Waals surface area contributed by atoms with Gasteiger partial charge in [0.2, 0.25) is 5.88 Å². The first-order valence-electron chi connectivity index (χ1n) is 9.37. The van der Waals surface area contributed by atoms with Crippen molar-refractivity contribution in [1.29, 1.82) is 0 Å². The second-order valence-corrected chi connectivity index (χ2v) is 8.02. The Morgan fingerprint density at radius 3 is 2.36 bits per heavy atom. The first-order chi connectivity index (χ1) is 15.8. The summed E-state index contributed by atoms with van der Waals surface area (Å²) < 4.78 is 6.41. The largest absolute Gasteiger partial charge is 0.439 e. The van der Waals surface area contributed by atoms with Crippen molar-refractivity contribution in [2.75, 3.05) is 4.90 Å². The Morgan fingerprint density at radius 2 is 1.76 bits per heavy atom. The number of pyridine rings is 1. The number of ether oxygens (including phenoxy) is 1. The zero-order valence-electron chi connectivity index (χ0n) is 16.6. The fourth-order valence-corrected chi connectivity index (χ4v) is 3.49. The van der Waals surface area contributed by atoms with Gasteiger partial charge in [0, 0.05) is 16.6 Å². The van der Waals surface area contributed by atoms with Gasteiger partial charge in [-0.15, -0.1) is 0 Å². The van der Waals surface area contributed by atoms with Crippen LogP contribution in [-0.4, -0.2) is 26.8 Å². The van der Waals surface area contributed by atoms with Crippen molar-refractivity contribution in [3.63, 3.8) is 0 Å². The van der Waals surface area contributed by atoms with Gasteiger partial charge < -0.3 is 4.74 Å². The van der Waals surface area contributed by atoms with E-state index in [1.54, 1.807) is 48.5 Å². The highest BCUT2D eigenvalue weighted by Crippen LogP contribution is 2.25. The number of carbonyl (C=O) groups is 2. The molecular weight excluding hydrogens is 512 g/mol. The number of thiocarbonyl (C=S) groups is 1. The van der Waals surface area contributed by atoms with E-state index in [0.717, 1.165) is 10.7 Å². The summed E-state index contributed by atoms with van der Waals surface area (Å²) >= 11 is 8.53. The molecule has 2 aromatic carbocycles. The number of anilines is 1. The van der Waals surface area contributed by atoms with Crippen LogP contribution >= 0.6 is 28.1 Å². The number of aromatic nitrogens is 1. The zero-order chi connectivity index (χ0) is 23.5. The third-order valence-corrected chi connectivity index (χ3v) is 5.34. The van der Waals surface area contributed by atoms with Crippen molar-refractivity contribution in [3.8, 4) is 11.6 Å². The number of nitrogens with zero attached hydrogens (tertiary/aromatic N) is 3. The minimum absolute atomic E-state index is 0.00354. The summed E-state index contributed by atoms with van der Waals surface area (Å²) in [6.45, 7) is 0. The third kappa shape index (κ3) is 4.94. The summed E-state index contributed by atoms with van der Waals surface area (Å²) in [5.41, 5.74) is 0.896. The van der Waals surface area contributed by atoms with Gasteiger partial charge in [0.1, 0.15) is 17.5 Å². The van der Waals surface area contributed by atoms with E-state index in [2.05, 4.69) is 26.2 Å². The molecule has 1 N–H and O–H groups in total. The first kappa shape index (κ1) is 22.2. The highest BCUT2D eigenvalue weighted by Gasteiger charge is 2.34. The molecule has 33 heavy (non-hydrogen) atoms. The Hall–Kier alpha value is -3.96. The lowest BCUT2D eigenvalue weighted by Crippen LogP contribution is -2.54. The lowest BCUT2D eigenvalue weighted by atomic mass is 10.1. The number of benzene rings is 2. The van der Waals surface area contributed by atoms with E-state index >= 15 is 0 Å². The molecule has 0 saturated carbocycles. The second kappa shape index (κ2) is 9.27. The van der Waals surface area contributed by atoms with Gasteiger partial charge in [0.05, 0.1) is 10.6 Å². The smallest absolute Gasteiger partial charge is 0.287 e. The summed E-state index contributed by atoms with van der Waals surface area (Å²) in [7, 11) is 0. The standard InChI is InChI=1S/C22H13BrN4O5S/c23-14-3-5-15(6-4-14)26-21(29)18(20(28)25-22(26)33)11-13-1-8-17(9-2-13)32-19-10-7-16(12-24-19)27(30)31/h1-12H,(H,25,28,33). The number of halogens is 1. The molecule has 0 radical (unpaired) electrons. The molecule has 1 saturated heterocycles. The Kier molecular flexibility index (Phi) is 6.24. The Morgan fingerprint density at radius 1 is 1.06 bits per heavy atom. The molecule has 11 heteroatoms. The van der Waals surface area contributed by atoms with Gasteiger partial charge in [-0.1, -0.05) is 28.1 Å². The van der Waals surface area contributed by atoms with Crippen molar-refractivity contribution in [1.82, 2.24) is 10.3 Å². The number of hydrogen-bond donors (Lipinski definition) is 1. The van der Waals surface area contributed by atoms with Gasteiger partial charge in [0.15, 0.2) is 5.11 Å². The monoisotopic (exact) mass is 524 g/mol. The summed E-state index contributed by atoms with van der Waals surface area (Å²) in [6, 6.07) is 16.2. The molecule has 1 aliphatic heterocycles. The lowest BCUT2D eigenvalue weighted by molar-refractivity contribution is -0.385. The molecule has 0 bridgehead atoms. The van der Waals surface area contributed by atoms with Crippen molar-refractivity contribution < 1.29 is 19.2 Å². The van der Waals surface area contributed by atoms with E-state index in [9.17, 15) is 19.7 Å². The molecule has 3 aromatic rings. The fourth-order valence-electron chi connectivity index (χ4n) is 2.94. The second-order valence-electron chi connectivity index (χ2n) is 6.72. The number of nitrogens with one attached hydrogen (secondary N) is 1. The van der Waals surface area contributed by atoms with Gasteiger partial charge in [-0.3, -0.25) is 29.9 Å². The summed E-state index contributed by atoms with van der Waals surface area (Å²) in [6.07, 6.45) is 2.56. The average molecular weight is 525 g/mol. The van der Waals surface area contributed by atoms with E-state index in [4.69, 9.17) is 17.0 Å². The zero-order valence-corrected chi connectivity index (χ0v) is 19.0. The van der Waals surface area contributed by atoms with Gasteiger partial charge in [-0.05, 0) is 60.3 Å². The van der Waals surface area contributed by atoms with Gasteiger partial charge in [-0.25, -0.2) is 4.98 Å². The minimum atomic E-state index is -0.589. The van der Waals surface area contributed by atoms with Crippen LogP contribution in [0.15, 0.2) is 76.9 Å². The van der Waals surface area contributed by atoms with Crippen molar-refractivity contribution in [2.45, 2.75) is 0 Å². The van der Waals surface area contributed by atoms with E-state index in [1.165, 1.54) is 23.1 Å². The third-order valence-electron chi connectivity index (χ3n) is 4.53. The molecule has 2 amide bonds. The van der Waals surface area contributed by atoms with E-state index in [0.29, 0.717) is 17.0 Å². The van der Waals surface area contributed by atoms with Crippen LogP contribution in [0.4, 0.5) is 11.4 Å². The summed E-state index contributed by atoms with van der Waals surface area (Å²) in [5, 5.41) is 13.2. The van der Waals surface area contributed by atoms with Crippen LogP contribution in [0, 0.1) is 10.1 Å². The maximum Gasteiger partial charge on any atom is 0.287 e. The van der Waals surface area contributed by atoms with Crippen molar-refractivity contribution in [3.05, 3.63) is 92.6 Å². The van der Waals surface area contributed by atoms with E-state index in [-0.39, 0.29) is 22.3 Å². The maximum atomic E-state index is 13.0. The van der Waals surface area contributed by atoms with Crippen LogP contribution in [-0.2, 0) is 9.59 Å². The fraction of sp³-hybridized carbons (Fsp3) is 0. The molecule has 2 heterocycles. The van der Waals surface area contributed by atoms with Crippen LogP contribution in [0.2, 0.25) is 0 Å². The molecule has 164 valence electrons. The molecule has 0 aliphatic carbocycles. The quantitative estimate of drug-likeness (QED) is 0.173. The molecular formula is C22H13BrN4O5S. The number of amides is 2. The van der Waals surface area contributed by atoms with Crippen LogP contribution in [0.1, 0.15) is 5.56 Å². The number of hydrogen-bond acceptors (Lipinski definition) is 7. The van der Waals surface area contributed by atoms with Gasteiger partial charge in [-0.2, -0.15) is 0 Å². The Balaban J connectivity index is 1.54. The van der Waals surface area contributed by atoms with Crippen LogP contribution in [0.25, 0.3) is 6.08 Å². The predicted molar refractivity (Wildman–Crippen MR) is 128 cm³/mol. The lowest BCUT2D eigenvalue weighted by Gasteiger charge is -2.29. The van der Waals surface area contributed by atoms with E-state index in [1.807, 2.05) is 0 Å².